The van der Waals surface area contributed by atoms with Crippen molar-refractivity contribution in [1.29, 1.82) is 0 Å². The molecule has 2 aromatic rings. The number of hydrogen-bond donors (Lipinski definition) is 4. The van der Waals surface area contributed by atoms with Crippen molar-refractivity contribution in [3.8, 4) is 0 Å². The topological polar surface area (TPSA) is 141 Å². The van der Waals surface area contributed by atoms with Crippen LogP contribution in [0.1, 0.15) is 16.1 Å². The number of hydrogen-bond acceptors (Lipinski definition) is 9. The Bertz CT molecular complexity index is 1250. The van der Waals surface area contributed by atoms with Crippen LogP contribution in [0.25, 0.3) is 0 Å². The Hall–Kier alpha value is -3.72. The molecule has 0 bridgehead atoms. The Morgan fingerprint density at radius 3 is 2.43 bits per heavy atom. The van der Waals surface area contributed by atoms with Crippen molar-refractivity contribution in [2.45, 2.75) is 18.9 Å². The van der Waals surface area contributed by atoms with E-state index in [0.29, 0.717) is 11.3 Å². The second-order valence-electron chi connectivity index (χ2n) is 7.34. The van der Waals surface area contributed by atoms with E-state index >= 15 is 0 Å². The molecular weight excluding hydrogens is 489 g/mol. The molecule has 4 N–H and O–H groups in total. The van der Waals surface area contributed by atoms with E-state index in [4.69, 9.17) is 0 Å². The fourth-order valence-corrected chi connectivity index (χ4v) is 3.47. The van der Waals surface area contributed by atoms with Gasteiger partial charge in [0.05, 0.1) is 17.5 Å². The zero-order chi connectivity index (χ0) is 25.8. The number of halogens is 3. The number of aliphatic imine (C=N–C) groups is 1. The third-order valence-corrected chi connectivity index (χ3v) is 6.06. The fourth-order valence-electron chi connectivity index (χ4n) is 3.01. The third kappa shape index (κ3) is 6.45. The zero-order valence-electron chi connectivity index (χ0n) is 18.9. The largest absolute Gasteiger partial charge is 0.417 e. The monoisotopic (exact) mass is 512 g/mol. The zero-order valence-corrected chi connectivity index (χ0v) is 19.7. The molecular formula is C20H23F3N8O3S. The number of rotatable bonds is 7. The summed E-state index contributed by atoms with van der Waals surface area (Å²) in [5.74, 6) is -0.278. The van der Waals surface area contributed by atoms with Gasteiger partial charge in [0, 0.05) is 50.5 Å². The normalized spacial score (nSPS) is 16.0. The van der Waals surface area contributed by atoms with E-state index < -0.39 is 27.9 Å². The van der Waals surface area contributed by atoms with Crippen LogP contribution in [0.15, 0.2) is 53.4 Å². The van der Waals surface area contributed by atoms with Gasteiger partial charge in [-0.2, -0.15) is 13.2 Å². The Labute approximate surface area is 199 Å². The highest BCUT2D eigenvalue weighted by atomic mass is 32.2. The molecule has 1 amide bonds. The van der Waals surface area contributed by atoms with Gasteiger partial charge in [0.1, 0.15) is 6.17 Å². The van der Waals surface area contributed by atoms with E-state index in [9.17, 15) is 26.4 Å². The molecule has 0 fully saturated rings. The van der Waals surface area contributed by atoms with E-state index in [2.05, 4.69) is 36.2 Å². The number of anilines is 2. The summed E-state index contributed by atoms with van der Waals surface area (Å²) in [5.41, 5.74) is 0.0293. The Balaban J connectivity index is 1.81. The second kappa shape index (κ2) is 10.3. The van der Waals surface area contributed by atoms with Crippen LogP contribution in [-0.4, -0.2) is 62.9 Å². The van der Waals surface area contributed by atoms with Crippen molar-refractivity contribution in [3.05, 3.63) is 59.7 Å². The lowest BCUT2D eigenvalue weighted by Crippen LogP contribution is -2.43. The van der Waals surface area contributed by atoms with Gasteiger partial charge in [-0.1, -0.05) is 0 Å². The minimum Gasteiger partial charge on any atom is -0.355 e. The molecule has 1 atom stereocenters. The van der Waals surface area contributed by atoms with Crippen molar-refractivity contribution in [1.82, 2.24) is 25.9 Å². The van der Waals surface area contributed by atoms with E-state index in [1.54, 1.807) is 24.3 Å². The Morgan fingerprint density at radius 1 is 1.17 bits per heavy atom. The maximum absolute atomic E-state index is 13.6. The van der Waals surface area contributed by atoms with Gasteiger partial charge in [-0.25, -0.2) is 18.4 Å². The first-order valence-corrected chi connectivity index (χ1v) is 11.9. The summed E-state index contributed by atoms with van der Waals surface area (Å²) < 4.78 is 65.4. The Kier molecular flexibility index (Phi) is 7.60. The van der Waals surface area contributed by atoms with E-state index in [0.717, 1.165) is 16.8 Å². The number of carbonyl (C=O) groups excluding carboxylic acids is 1. The highest BCUT2D eigenvalue weighted by molar-refractivity contribution is 7.92. The molecule has 0 radical (unpaired) electrons. The fraction of sp³-hybridized carbons (Fsp3) is 0.300. The summed E-state index contributed by atoms with van der Waals surface area (Å²) in [6, 6.07) is 6.25. The van der Waals surface area contributed by atoms with Crippen LogP contribution in [0, 0.1) is 0 Å². The molecule has 15 heteroatoms. The maximum Gasteiger partial charge on any atom is 0.417 e. The van der Waals surface area contributed by atoms with Gasteiger partial charge >= 0.3 is 6.18 Å². The number of sulfonamides is 1. The van der Waals surface area contributed by atoms with Gasteiger partial charge in [0.15, 0.2) is 5.82 Å². The lowest BCUT2D eigenvalue weighted by Gasteiger charge is -2.26. The van der Waals surface area contributed by atoms with Crippen molar-refractivity contribution in [2.24, 2.45) is 4.99 Å². The third-order valence-electron chi connectivity index (χ3n) is 4.89. The van der Waals surface area contributed by atoms with Gasteiger partial charge in [0.2, 0.25) is 16.0 Å². The number of carbonyl (C=O) groups is 1. The molecule has 0 saturated carbocycles. The van der Waals surface area contributed by atoms with Crippen molar-refractivity contribution in [3.63, 3.8) is 0 Å². The summed E-state index contributed by atoms with van der Waals surface area (Å²) in [6.07, 6.45) is -1.88. The standard InChI is InChI=1S/C20H23F3N8O3S/c1-24-18(32)12-4-6-13(7-5-12)29-19-28-10-14(20(21,22)23)16(30-19)27-11-15-17(26-9-8-25-15)31(2)35(3,33)34/h4-10,16,27H,11H2,1-3H3,(H,24,32)(H2,28,29,30). The van der Waals surface area contributed by atoms with Crippen LogP contribution in [-0.2, 0) is 16.6 Å². The van der Waals surface area contributed by atoms with Crippen molar-refractivity contribution >= 4 is 33.4 Å². The van der Waals surface area contributed by atoms with E-state index in [-0.39, 0.29) is 29.9 Å². The van der Waals surface area contributed by atoms with Crippen LogP contribution < -0.4 is 25.6 Å². The van der Waals surface area contributed by atoms with E-state index in [1.807, 2.05) is 0 Å². The number of amides is 1. The van der Waals surface area contributed by atoms with Crippen LogP contribution in [0.3, 0.4) is 0 Å². The first-order chi connectivity index (χ1) is 16.4. The molecule has 35 heavy (non-hydrogen) atoms. The summed E-state index contributed by atoms with van der Waals surface area (Å²) in [4.78, 5) is 23.8. The molecule has 0 spiro atoms. The van der Waals surface area contributed by atoms with Gasteiger partial charge in [0.25, 0.3) is 5.91 Å². The maximum atomic E-state index is 13.6. The van der Waals surface area contributed by atoms with Crippen molar-refractivity contribution < 1.29 is 26.4 Å². The number of guanidine groups is 1. The predicted molar refractivity (Wildman–Crippen MR) is 124 cm³/mol. The molecule has 2 heterocycles. The molecule has 1 aromatic carbocycles. The van der Waals surface area contributed by atoms with Gasteiger partial charge in [-0.05, 0) is 24.3 Å². The number of nitrogens with zero attached hydrogens (tertiary/aromatic N) is 4. The van der Waals surface area contributed by atoms with Gasteiger partial charge in [-0.3, -0.25) is 19.4 Å². The molecule has 1 aliphatic heterocycles. The molecule has 1 unspecified atom stereocenters. The molecule has 3 rings (SSSR count). The summed E-state index contributed by atoms with van der Waals surface area (Å²) in [6.45, 7) is -0.251. The van der Waals surface area contributed by atoms with Crippen LogP contribution in [0.4, 0.5) is 24.7 Å². The van der Waals surface area contributed by atoms with Gasteiger partial charge < -0.3 is 16.0 Å². The van der Waals surface area contributed by atoms with Crippen LogP contribution in [0.5, 0.6) is 0 Å². The Morgan fingerprint density at radius 2 is 1.83 bits per heavy atom. The molecule has 0 aliphatic carbocycles. The number of nitrogens with one attached hydrogen (secondary N) is 4. The predicted octanol–water partition coefficient (Wildman–Crippen LogP) is 1.17. The smallest absolute Gasteiger partial charge is 0.355 e. The average molecular weight is 513 g/mol. The molecule has 0 saturated heterocycles. The first-order valence-electron chi connectivity index (χ1n) is 10.1. The number of benzene rings is 1. The van der Waals surface area contributed by atoms with Crippen molar-refractivity contribution in [2.75, 3.05) is 30.0 Å². The number of alkyl halides is 3. The second-order valence-corrected chi connectivity index (χ2v) is 9.36. The quantitative estimate of drug-likeness (QED) is 0.433. The van der Waals surface area contributed by atoms with E-state index in [1.165, 1.54) is 26.5 Å². The van der Waals surface area contributed by atoms with Crippen LogP contribution >= 0.6 is 0 Å². The summed E-state index contributed by atoms with van der Waals surface area (Å²) >= 11 is 0. The highest BCUT2D eigenvalue weighted by Crippen LogP contribution is 2.30. The average Bonchev–Trinajstić information content (AvgIpc) is 2.81. The van der Waals surface area contributed by atoms with Gasteiger partial charge in [-0.15, -0.1) is 0 Å². The lowest BCUT2D eigenvalue weighted by molar-refractivity contribution is -0.0970. The number of aromatic nitrogens is 2. The molecule has 1 aromatic heterocycles. The minimum atomic E-state index is -4.69. The molecule has 188 valence electrons. The SMILES string of the molecule is CNC(=O)c1ccc(NC2=NC(NCc3nccnc3N(C)S(C)(=O)=O)C(C(F)(F)F)=CN2)cc1. The summed E-state index contributed by atoms with van der Waals surface area (Å²) in [7, 11) is -0.906. The molecule has 11 nitrogen and oxygen atoms in total. The first kappa shape index (κ1) is 25.9. The lowest BCUT2D eigenvalue weighted by atomic mass is 10.2. The summed E-state index contributed by atoms with van der Waals surface area (Å²) in [5, 5.41) is 10.5. The van der Waals surface area contributed by atoms with Crippen LogP contribution in [0.2, 0.25) is 0 Å². The molecule has 1 aliphatic rings. The highest BCUT2D eigenvalue weighted by Gasteiger charge is 2.40. The minimum absolute atomic E-state index is 0.0208.